The lowest BCUT2D eigenvalue weighted by atomic mass is 10.1. The van der Waals surface area contributed by atoms with E-state index in [1.165, 1.54) is 11.1 Å². The molecule has 4 nitrogen and oxygen atoms in total. The molecule has 0 saturated heterocycles. The molecule has 5 heteroatoms. The Hall–Kier alpha value is -2.14. The van der Waals surface area contributed by atoms with Crippen LogP contribution in [0.2, 0.25) is 0 Å². The molecule has 3 rings (SSSR count). The van der Waals surface area contributed by atoms with Crippen LogP contribution >= 0.6 is 11.3 Å². The van der Waals surface area contributed by atoms with Gasteiger partial charge in [0, 0.05) is 12.2 Å². The molecule has 0 radical (unpaired) electrons. The predicted octanol–water partition coefficient (Wildman–Crippen LogP) is 3.24. The van der Waals surface area contributed by atoms with Crippen LogP contribution in [-0.2, 0) is 6.42 Å². The molecule has 0 atom stereocenters. The average Bonchev–Trinajstić information content (AvgIpc) is 2.84. The maximum atomic E-state index is 5.68. The zero-order valence-corrected chi connectivity index (χ0v) is 12.1. The second-order valence-corrected chi connectivity index (χ2v) is 5.60. The van der Waals surface area contributed by atoms with Crippen LogP contribution in [0, 0.1) is 6.92 Å². The molecular formula is C15H16N4S. The van der Waals surface area contributed by atoms with E-state index in [2.05, 4.69) is 39.7 Å². The van der Waals surface area contributed by atoms with Crippen LogP contribution < -0.4 is 11.1 Å². The number of thiophene rings is 1. The summed E-state index contributed by atoms with van der Waals surface area (Å²) in [5, 5.41) is 6.65. The van der Waals surface area contributed by atoms with E-state index in [0.29, 0.717) is 0 Å². The number of aryl methyl sites for hydroxylation is 1. The number of fused-ring (bicyclic) bond motifs is 1. The maximum Gasteiger partial charge on any atom is 0.138 e. The summed E-state index contributed by atoms with van der Waals surface area (Å²) in [5.41, 5.74) is 8.97. The minimum atomic E-state index is 0.799. The Morgan fingerprint density at radius 2 is 2.00 bits per heavy atom. The second kappa shape index (κ2) is 5.46. The van der Waals surface area contributed by atoms with Gasteiger partial charge in [-0.1, -0.05) is 12.1 Å². The topological polar surface area (TPSA) is 63.8 Å². The summed E-state index contributed by atoms with van der Waals surface area (Å²) in [6.45, 7) is 2.93. The van der Waals surface area contributed by atoms with Crippen LogP contribution in [-0.4, -0.2) is 16.5 Å². The van der Waals surface area contributed by atoms with Crippen LogP contribution in [0.3, 0.4) is 0 Å². The SMILES string of the molecule is Cc1csc2ncnc(NCCc3ccc(N)cc3)c12. The molecular weight excluding hydrogens is 268 g/mol. The standard InChI is InChI=1S/C15H16N4S/c1-10-8-20-15-13(10)14(18-9-19-15)17-7-6-11-2-4-12(16)5-3-11/h2-5,8-9H,6-7,16H2,1H3,(H,17,18,19). The number of rotatable bonds is 4. The number of hydrogen-bond donors (Lipinski definition) is 2. The Labute approximate surface area is 121 Å². The summed E-state index contributed by atoms with van der Waals surface area (Å²) in [7, 11) is 0. The molecule has 102 valence electrons. The third kappa shape index (κ3) is 2.58. The average molecular weight is 284 g/mol. The van der Waals surface area contributed by atoms with E-state index in [0.717, 1.165) is 34.7 Å². The normalized spacial score (nSPS) is 10.8. The van der Waals surface area contributed by atoms with Gasteiger partial charge in [-0.25, -0.2) is 9.97 Å². The maximum absolute atomic E-state index is 5.68. The molecule has 20 heavy (non-hydrogen) atoms. The van der Waals surface area contributed by atoms with Crippen molar-refractivity contribution in [3.05, 3.63) is 47.1 Å². The fourth-order valence-electron chi connectivity index (χ4n) is 2.16. The molecule has 0 amide bonds. The zero-order valence-electron chi connectivity index (χ0n) is 11.3. The molecule has 0 fully saturated rings. The van der Waals surface area contributed by atoms with Crippen molar-refractivity contribution in [3.63, 3.8) is 0 Å². The molecule has 2 heterocycles. The molecule has 0 bridgehead atoms. The molecule has 0 aliphatic heterocycles. The first kappa shape index (κ1) is 12.9. The van der Waals surface area contributed by atoms with Crippen LogP contribution in [0.25, 0.3) is 10.2 Å². The van der Waals surface area contributed by atoms with Crippen molar-refractivity contribution in [3.8, 4) is 0 Å². The van der Waals surface area contributed by atoms with Gasteiger partial charge in [-0.05, 0) is 42.0 Å². The minimum absolute atomic E-state index is 0.799. The van der Waals surface area contributed by atoms with Crippen LogP contribution in [0.1, 0.15) is 11.1 Å². The largest absolute Gasteiger partial charge is 0.399 e. The monoisotopic (exact) mass is 284 g/mol. The highest BCUT2D eigenvalue weighted by molar-refractivity contribution is 7.17. The number of nitrogens with two attached hydrogens (primary N) is 1. The van der Waals surface area contributed by atoms with Crippen molar-refractivity contribution in [2.24, 2.45) is 0 Å². The summed E-state index contributed by atoms with van der Waals surface area (Å²) in [5.74, 6) is 0.921. The molecule has 2 aromatic heterocycles. The predicted molar refractivity (Wildman–Crippen MR) is 85.2 cm³/mol. The Bertz CT molecular complexity index is 718. The lowest BCUT2D eigenvalue weighted by Gasteiger charge is -2.07. The third-order valence-corrected chi connectivity index (χ3v) is 4.24. The van der Waals surface area contributed by atoms with E-state index < -0.39 is 0 Å². The van der Waals surface area contributed by atoms with Crippen molar-refractivity contribution < 1.29 is 0 Å². The molecule has 3 N–H and O–H groups in total. The van der Waals surface area contributed by atoms with Gasteiger partial charge in [-0.15, -0.1) is 11.3 Å². The highest BCUT2D eigenvalue weighted by atomic mass is 32.1. The molecule has 3 aromatic rings. The molecule has 1 aromatic carbocycles. The fourth-order valence-corrected chi connectivity index (χ4v) is 3.05. The Morgan fingerprint density at radius 3 is 2.80 bits per heavy atom. The Balaban J connectivity index is 1.71. The fraction of sp³-hybridized carbons (Fsp3) is 0.200. The van der Waals surface area contributed by atoms with Gasteiger partial charge in [0.15, 0.2) is 0 Å². The number of aromatic nitrogens is 2. The van der Waals surface area contributed by atoms with E-state index >= 15 is 0 Å². The van der Waals surface area contributed by atoms with E-state index in [4.69, 9.17) is 5.73 Å². The summed E-state index contributed by atoms with van der Waals surface area (Å²) in [4.78, 5) is 9.68. The highest BCUT2D eigenvalue weighted by Gasteiger charge is 2.07. The van der Waals surface area contributed by atoms with Gasteiger partial charge in [0.2, 0.25) is 0 Å². The number of anilines is 2. The molecule has 0 spiro atoms. The quantitative estimate of drug-likeness (QED) is 0.722. The number of nitrogens with one attached hydrogen (secondary N) is 1. The smallest absolute Gasteiger partial charge is 0.138 e. The Kier molecular flexibility index (Phi) is 3.52. The Morgan fingerprint density at radius 1 is 1.20 bits per heavy atom. The van der Waals surface area contributed by atoms with E-state index in [9.17, 15) is 0 Å². The second-order valence-electron chi connectivity index (χ2n) is 4.74. The number of nitrogens with zero attached hydrogens (tertiary/aromatic N) is 2. The van der Waals surface area contributed by atoms with Gasteiger partial charge in [-0.3, -0.25) is 0 Å². The van der Waals surface area contributed by atoms with Crippen molar-refractivity contribution in [2.45, 2.75) is 13.3 Å². The van der Waals surface area contributed by atoms with Gasteiger partial charge in [0.1, 0.15) is 17.0 Å². The minimum Gasteiger partial charge on any atom is -0.399 e. The van der Waals surface area contributed by atoms with Crippen molar-refractivity contribution in [2.75, 3.05) is 17.6 Å². The molecule has 0 aliphatic rings. The first-order valence-electron chi connectivity index (χ1n) is 6.51. The lowest BCUT2D eigenvalue weighted by molar-refractivity contribution is 1.01. The van der Waals surface area contributed by atoms with Crippen molar-refractivity contribution >= 4 is 33.1 Å². The first-order valence-corrected chi connectivity index (χ1v) is 7.39. The lowest BCUT2D eigenvalue weighted by Crippen LogP contribution is -2.07. The van der Waals surface area contributed by atoms with E-state index in [-0.39, 0.29) is 0 Å². The molecule has 0 saturated carbocycles. The van der Waals surface area contributed by atoms with Crippen LogP contribution in [0.15, 0.2) is 36.0 Å². The van der Waals surface area contributed by atoms with Gasteiger partial charge < -0.3 is 11.1 Å². The number of benzene rings is 1. The van der Waals surface area contributed by atoms with Gasteiger partial charge >= 0.3 is 0 Å². The van der Waals surface area contributed by atoms with Gasteiger partial charge in [0.25, 0.3) is 0 Å². The molecule has 0 aliphatic carbocycles. The summed E-state index contributed by atoms with van der Waals surface area (Å²) in [6, 6.07) is 7.98. The highest BCUT2D eigenvalue weighted by Crippen LogP contribution is 2.28. The van der Waals surface area contributed by atoms with E-state index in [1.54, 1.807) is 17.7 Å². The third-order valence-electron chi connectivity index (χ3n) is 3.24. The van der Waals surface area contributed by atoms with Gasteiger partial charge in [-0.2, -0.15) is 0 Å². The number of nitrogen functional groups attached to an aromatic ring is 1. The van der Waals surface area contributed by atoms with Crippen LogP contribution in [0.4, 0.5) is 11.5 Å². The van der Waals surface area contributed by atoms with Crippen LogP contribution in [0.5, 0.6) is 0 Å². The summed E-state index contributed by atoms with van der Waals surface area (Å²) < 4.78 is 0. The van der Waals surface area contributed by atoms with Crippen molar-refractivity contribution in [1.82, 2.24) is 9.97 Å². The summed E-state index contributed by atoms with van der Waals surface area (Å²) in [6.07, 6.45) is 2.55. The van der Waals surface area contributed by atoms with E-state index in [1.807, 2.05) is 12.1 Å². The van der Waals surface area contributed by atoms with Crippen molar-refractivity contribution in [1.29, 1.82) is 0 Å². The molecule has 0 unspecified atom stereocenters. The summed E-state index contributed by atoms with van der Waals surface area (Å²) >= 11 is 1.65. The zero-order chi connectivity index (χ0) is 13.9. The first-order chi connectivity index (χ1) is 9.74. The number of hydrogen-bond acceptors (Lipinski definition) is 5. The van der Waals surface area contributed by atoms with Gasteiger partial charge in [0.05, 0.1) is 5.39 Å².